The minimum atomic E-state index is -0.578. The number of likely N-dealkylation sites (N-methyl/N-ethyl adjacent to an activating group) is 1. The fourth-order valence-electron chi connectivity index (χ4n) is 2.82. The van der Waals surface area contributed by atoms with Gasteiger partial charge >= 0.3 is 5.97 Å². The van der Waals surface area contributed by atoms with Crippen molar-refractivity contribution in [2.24, 2.45) is 0 Å². The van der Waals surface area contributed by atoms with E-state index in [0.717, 1.165) is 21.9 Å². The number of aryl methyl sites for hydroxylation is 1. The molecule has 0 spiro atoms. The van der Waals surface area contributed by atoms with Crippen molar-refractivity contribution in [3.63, 3.8) is 0 Å². The van der Waals surface area contributed by atoms with Crippen LogP contribution in [0.1, 0.15) is 11.1 Å². The van der Waals surface area contributed by atoms with Gasteiger partial charge in [0, 0.05) is 13.6 Å². The molecule has 3 rings (SSSR count). The molecule has 3 aromatic rings. The maximum Gasteiger partial charge on any atom is 0.344 e. The highest BCUT2D eigenvalue weighted by molar-refractivity contribution is 5.84. The summed E-state index contributed by atoms with van der Waals surface area (Å²) >= 11 is 0. The number of amides is 1. The highest BCUT2D eigenvalue weighted by Crippen LogP contribution is 2.20. The Morgan fingerprint density at radius 1 is 0.893 bits per heavy atom. The number of fused-ring (bicyclic) bond motifs is 1. The Labute approximate surface area is 164 Å². The first-order valence-electron chi connectivity index (χ1n) is 9.08. The fourth-order valence-corrected chi connectivity index (χ4v) is 2.82. The van der Waals surface area contributed by atoms with Gasteiger partial charge in [-0.15, -0.1) is 0 Å². The van der Waals surface area contributed by atoms with Gasteiger partial charge in [-0.25, -0.2) is 4.79 Å². The molecule has 0 N–H and O–H groups in total. The first-order chi connectivity index (χ1) is 13.5. The van der Waals surface area contributed by atoms with Gasteiger partial charge in [-0.1, -0.05) is 54.6 Å². The van der Waals surface area contributed by atoms with Crippen LogP contribution in [0.5, 0.6) is 5.75 Å². The molecule has 0 unspecified atom stereocenters. The van der Waals surface area contributed by atoms with Crippen LogP contribution in [0.3, 0.4) is 0 Å². The summed E-state index contributed by atoms with van der Waals surface area (Å²) in [7, 11) is 1.69. The molecule has 0 aromatic heterocycles. The third kappa shape index (κ3) is 5.10. The minimum absolute atomic E-state index is 0.243. The number of hydrogen-bond donors (Lipinski definition) is 0. The molecule has 1 amide bonds. The lowest BCUT2D eigenvalue weighted by molar-refractivity contribution is -0.153. The van der Waals surface area contributed by atoms with E-state index in [4.69, 9.17) is 9.47 Å². The van der Waals surface area contributed by atoms with Gasteiger partial charge in [0.05, 0.1) is 0 Å². The van der Waals surface area contributed by atoms with Crippen molar-refractivity contribution in [3.05, 3.63) is 77.9 Å². The third-order valence-electron chi connectivity index (χ3n) is 4.53. The number of rotatable bonds is 7. The number of nitrogens with zero attached hydrogens (tertiary/aromatic N) is 1. The van der Waals surface area contributed by atoms with Crippen LogP contribution in [0.4, 0.5) is 0 Å². The highest BCUT2D eigenvalue weighted by Gasteiger charge is 2.13. The zero-order chi connectivity index (χ0) is 19.9. The molecule has 5 heteroatoms. The number of carbonyl (C=O) groups is 2. The molecule has 0 aliphatic carbocycles. The SMILES string of the molecule is Cc1ccccc1CN(C)C(=O)COC(=O)COc1ccc2ccccc2c1. The average Bonchev–Trinajstić information content (AvgIpc) is 2.71. The van der Waals surface area contributed by atoms with E-state index in [2.05, 4.69) is 0 Å². The Kier molecular flexibility index (Phi) is 6.27. The van der Waals surface area contributed by atoms with E-state index in [9.17, 15) is 9.59 Å². The van der Waals surface area contributed by atoms with Gasteiger partial charge in [-0.3, -0.25) is 4.79 Å². The predicted molar refractivity (Wildman–Crippen MR) is 108 cm³/mol. The van der Waals surface area contributed by atoms with Crippen LogP contribution in [0.25, 0.3) is 10.8 Å². The van der Waals surface area contributed by atoms with Crippen LogP contribution in [-0.4, -0.2) is 37.0 Å². The molecule has 0 aliphatic rings. The zero-order valence-electron chi connectivity index (χ0n) is 16.1. The lowest BCUT2D eigenvalue weighted by Crippen LogP contribution is -2.31. The van der Waals surface area contributed by atoms with Crippen LogP contribution in [0, 0.1) is 6.92 Å². The molecule has 0 bridgehead atoms. The first kappa shape index (κ1) is 19.4. The lowest BCUT2D eigenvalue weighted by Gasteiger charge is -2.18. The summed E-state index contributed by atoms with van der Waals surface area (Å²) in [6, 6.07) is 21.4. The molecular formula is C23H23NO4. The number of hydrogen-bond acceptors (Lipinski definition) is 4. The van der Waals surface area contributed by atoms with E-state index in [1.165, 1.54) is 0 Å². The Bertz CT molecular complexity index is 983. The topological polar surface area (TPSA) is 55.8 Å². The van der Waals surface area contributed by atoms with E-state index >= 15 is 0 Å². The number of benzene rings is 3. The summed E-state index contributed by atoms with van der Waals surface area (Å²) in [5, 5.41) is 2.13. The molecule has 0 saturated carbocycles. The van der Waals surface area contributed by atoms with E-state index in [-0.39, 0.29) is 19.1 Å². The highest BCUT2D eigenvalue weighted by atomic mass is 16.6. The summed E-state index contributed by atoms with van der Waals surface area (Å²) in [6.45, 7) is 1.92. The Hall–Kier alpha value is -3.34. The molecule has 5 nitrogen and oxygen atoms in total. The minimum Gasteiger partial charge on any atom is -0.482 e. The third-order valence-corrected chi connectivity index (χ3v) is 4.53. The van der Waals surface area contributed by atoms with Crippen molar-refractivity contribution < 1.29 is 19.1 Å². The summed E-state index contributed by atoms with van der Waals surface area (Å²) in [5.41, 5.74) is 2.17. The van der Waals surface area contributed by atoms with Crippen molar-refractivity contribution in [2.75, 3.05) is 20.3 Å². The van der Waals surface area contributed by atoms with E-state index < -0.39 is 5.97 Å². The Balaban J connectivity index is 1.45. The quantitative estimate of drug-likeness (QED) is 0.589. The van der Waals surface area contributed by atoms with Gasteiger partial charge < -0.3 is 14.4 Å². The second-order valence-corrected chi connectivity index (χ2v) is 6.63. The average molecular weight is 377 g/mol. The number of esters is 1. The summed E-state index contributed by atoms with van der Waals surface area (Å²) < 4.78 is 10.5. The molecule has 0 saturated heterocycles. The van der Waals surface area contributed by atoms with E-state index in [1.807, 2.05) is 67.6 Å². The summed E-state index contributed by atoms with van der Waals surface area (Å²) in [5.74, 6) is -0.258. The van der Waals surface area contributed by atoms with Crippen molar-refractivity contribution >= 4 is 22.6 Å². The van der Waals surface area contributed by atoms with Gasteiger partial charge in [0.15, 0.2) is 13.2 Å². The molecule has 0 fully saturated rings. The fraction of sp³-hybridized carbons (Fsp3) is 0.217. The van der Waals surface area contributed by atoms with Crippen LogP contribution < -0.4 is 4.74 Å². The maximum absolute atomic E-state index is 12.2. The molecule has 28 heavy (non-hydrogen) atoms. The molecule has 0 aliphatic heterocycles. The monoisotopic (exact) mass is 377 g/mol. The summed E-state index contributed by atoms with van der Waals surface area (Å²) in [4.78, 5) is 25.6. The van der Waals surface area contributed by atoms with Crippen LogP contribution in [-0.2, 0) is 20.9 Å². The molecule has 0 atom stereocenters. The Morgan fingerprint density at radius 3 is 2.39 bits per heavy atom. The van der Waals surface area contributed by atoms with E-state index in [0.29, 0.717) is 12.3 Å². The molecule has 0 radical (unpaired) electrons. The normalized spacial score (nSPS) is 10.5. The van der Waals surface area contributed by atoms with Gasteiger partial charge in [-0.05, 0) is 41.0 Å². The van der Waals surface area contributed by atoms with Crippen molar-refractivity contribution in [1.82, 2.24) is 4.90 Å². The van der Waals surface area contributed by atoms with Gasteiger partial charge in [0.25, 0.3) is 5.91 Å². The summed E-state index contributed by atoms with van der Waals surface area (Å²) in [6.07, 6.45) is 0. The van der Waals surface area contributed by atoms with Gasteiger partial charge in [0.1, 0.15) is 5.75 Å². The van der Waals surface area contributed by atoms with E-state index in [1.54, 1.807) is 18.0 Å². The van der Waals surface area contributed by atoms with Gasteiger partial charge in [-0.2, -0.15) is 0 Å². The van der Waals surface area contributed by atoms with Crippen molar-refractivity contribution in [3.8, 4) is 5.75 Å². The smallest absolute Gasteiger partial charge is 0.344 e. The first-order valence-corrected chi connectivity index (χ1v) is 9.08. The largest absolute Gasteiger partial charge is 0.482 e. The molecule has 144 valence electrons. The molecule has 0 heterocycles. The number of carbonyl (C=O) groups excluding carboxylic acids is 2. The standard InChI is InChI=1S/C23H23NO4/c1-17-7-3-4-10-20(17)14-24(2)22(25)15-28-23(26)16-27-21-12-11-18-8-5-6-9-19(18)13-21/h3-13H,14-16H2,1-2H3. The van der Waals surface area contributed by atoms with Crippen LogP contribution in [0.15, 0.2) is 66.7 Å². The van der Waals surface area contributed by atoms with Crippen LogP contribution in [0.2, 0.25) is 0 Å². The zero-order valence-corrected chi connectivity index (χ0v) is 16.1. The second kappa shape index (κ2) is 9.04. The van der Waals surface area contributed by atoms with Crippen molar-refractivity contribution in [1.29, 1.82) is 0 Å². The second-order valence-electron chi connectivity index (χ2n) is 6.63. The van der Waals surface area contributed by atoms with Gasteiger partial charge in [0.2, 0.25) is 0 Å². The van der Waals surface area contributed by atoms with Crippen LogP contribution >= 0.6 is 0 Å². The predicted octanol–water partition coefficient (Wildman–Crippen LogP) is 3.73. The number of ether oxygens (including phenoxy) is 2. The Morgan fingerprint density at radius 2 is 1.61 bits per heavy atom. The lowest BCUT2D eigenvalue weighted by atomic mass is 10.1. The maximum atomic E-state index is 12.2. The van der Waals surface area contributed by atoms with Crippen molar-refractivity contribution in [2.45, 2.75) is 13.5 Å². The molecule has 3 aromatic carbocycles. The molecular weight excluding hydrogens is 354 g/mol.